The van der Waals surface area contributed by atoms with Crippen molar-refractivity contribution in [2.75, 3.05) is 31.7 Å². The summed E-state index contributed by atoms with van der Waals surface area (Å²) >= 11 is 1.93. The molecule has 84 valence electrons. The summed E-state index contributed by atoms with van der Waals surface area (Å²) in [4.78, 5) is 2.58. The van der Waals surface area contributed by atoms with E-state index in [9.17, 15) is 0 Å². The van der Waals surface area contributed by atoms with Gasteiger partial charge >= 0.3 is 0 Å². The number of hydrogen-bond donors (Lipinski definition) is 1. The quantitative estimate of drug-likeness (QED) is 0.629. The van der Waals surface area contributed by atoms with E-state index in [1.54, 1.807) is 0 Å². The minimum atomic E-state index is 0.339. The van der Waals surface area contributed by atoms with E-state index in [0.29, 0.717) is 6.61 Å². The van der Waals surface area contributed by atoms with Gasteiger partial charge in [0.25, 0.3) is 0 Å². The number of aliphatic hydroxyl groups is 1. The van der Waals surface area contributed by atoms with Gasteiger partial charge in [-0.15, -0.1) is 0 Å². The van der Waals surface area contributed by atoms with Crippen LogP contribution in [-0.4, -0.2) is 47.8 Å². The zero-order valence-electron chi connectivity index (χ0n) is 9.24. The lowest BCUT2D eigenvalue weighted by Gasteiger charge is -2.37. The Bertz CT molecular complexity index is 139. The van der Waals surface area contributed by atoms with Crippen LogP contribution < -0.4 is 0 Å². The van der Waals surface area contributed by atoms with Crippen molar-refractivity contribution in [1.82, 2.24) is 4.90 Å². The van der Waals surface area contributed by atoms with E-state index in [2.05, 4.69) is 11.2 Å². The maximum Gasteiger partial charge on any atom is 0.0443 e. The van der Waals surface area contributed by atoms with Crippen molar-refractivity contribution in [2.24, 2.45) is 0 Å². The number of hydrogen-bond acceptors (Lipinski definition) is 3. The van der Waals surface area contributed by atoms with Crippen molar-refractivity contribution < 1.29 is 5.11 Å². The highest BCUT2D eigenvalue weighted by atomic mass is 32.2. The molecule has 14 heavy (non-hydrogen) atoms. The van der Waals surface area contributed by atoms with Crippen molar-refractivity contribution >= 4 is 11.8 Å². The van der Waals surface area contributed by atoms with Gasteiger partial charge in [-0.25, -0.2) is 0 Å². The van der Waals surface area contributed by atoms with Gasteiger partial charge in [-0.2, -0.15) is 11.8 Å². The van der Waals surface area contributed by atoms with Crippen LogP contribution in [0.2, 0.25) is 0 Å². The van der Waals surface area contributed by atoms with Crippen molar-refractivity contribution in [3.63, 3.8) is 0 Å². The van der Waals surface area contributed by atoms with E-state index in [0.717, 1.165) is 19.0 Å². The third-order valence-electron chi connectivity index (χ3n) is 2.99. The van der Waals surface area contributed by atoms with Gasteiger partial charge in [-0.3, -0.25) is 0 Å². The molecule has 0 atom stereocenters. The van der Waals surface area contributed by atoms with E-state index in [1.807, 2.05) is 11.8 Å². The summed E-state index contributed by atoms with van der Waals surface area (Å²) < 4.78 is 0. The van der Waals surface area contributed by atoms with E-state index in [4.69, 9.17) is 5.11 Å². The van der Waals surface area contributed by atoms with Crippen LogP contribution >= 0.6 is 11.8 Å². The van der Waals surface area contributed by atoms with Gasteiger partial charge in [0, 0.05) is 19.2 Å². The third kappa shape index (κ3) is 4.20. The summed E-state index contributed by atoms with van der Waals surface area (Å²) in [6.45, 7) is 2.66. The van der Waals surface area contributed by atoms with Gasteiger partial charge in [0.2, 0.25) is 0 Å². The molecule has 0 amide bonds. The third-order valence-corrected chi connectivity index (χ3v) is 3.69. The Hall–Kier alpha value is 0.270. The number of rotatable bonds is 8. The first kappa shape index (κ1) is 12.3. The molecule has 0 aromatic heterocycles. The first-order valence-electron chi connectivity index (χ1n) is 5.72. The Kier molecular flexibility index (Phi) is 6.65. The number of nitrogens with zero attached hydrogens (tertiary/aromatic N) is 1. The molecule has 0 unspecified atom stereocenters. The van der Waals surface area contributed by atoms with E-state index >= 15 is 0 Å². The Morgan fingerprint density at radius 3 is 2.50 bits per heavy atom. The van der Waals surface area contributed by atoms with Crippen LogP contribution in [0.1, 0.15) is 32.1 Å². The van der Waals surface area contributed by atoms with Crippen molar-refractivity contribution in [1.29, 1.82) is 0 Å². The van der Waals surface area contributed by atoms with Crippen molar-refractivity contribution in [3.8, 4) is 0 Å². The summed E-state index contributed by atoms with van der Waals surface area (Å²) in [6, 6.07) is 0.836. The highest BCUT2D eigenvalue weighted by Crippen LogP contribution is 2.25. The summed E-state index contributed by atoms with van der Waals surface area (Å²) in [5.41, 5.74) is 0. The van der Waals surface area contributed by atoms with Crippen LogP contribution in [0.3, 0.4) is 0 Å². The summed E-state index contributed by atoms with van der Waals surface area (Å²) in [7, 11) is 0. The fourth-order valence-electron chi connectivity index (χ4n) is 1.91. The maximum atomic E-state index is 8.83. The van der Waals surface area contributed by atoms with E-state index in [-0.39, 0.29) is 0 Å². The van der Waals surface area contributed by atoms with Crippen LogP contribution in [0.15, 0.2) is 0 Å². The van der Waals surface area contributed by atoms with Crippen LogP contribution in [0.5, 0.6) is 0 Å². The van der Waals surface area contributed by atoms with Gasteiger partial charge in [-0.1, -0.05) is 6.42 Å². The van der Waals surface area contributed by atoms with Crippen LogP contribution in [-0.2, 0) is 0 Å². The molecule has 0 radical (unpaired) electrons. The van der Waals surface area contributed by atoms with Crippen LogP contribution in [0.25, 0.3) is 0 Å². The maximum absolute atomic E-state index is 8.83. The Labute approximate surface area is 92.1 Å². The Balaban J connectivity index is 2.14. The van der Waals surface area contributed by atoms with Gasteiger partial charge in [-0.05, 0) is 44.2 Å². The van der Waals surface area contributed by atoms with Crippen molar-refractivity contribution in [3.05, 3.63) is 0 Å². The van der Waals surface area contributed by atoms with Gasteiger partial charge in [0.1, 0.15) is 0 Å². The first-order chi connectivity index (χ1) is 6.88. The molecule has 1 saturated carbocycles. The second-order valence-corrected chi connectivity index (χ2v) is 5.03. The topological polar surface area (TPSA) is 23.5 Å². The molecule has 0 bridgehead atoms. The monoisotopic (exact) mass is 217 g/mol. The second kappa shape index (κ2) is 7.55. The Morgan fingerprint density at radius 2 is 2.00 bits per heavy atom. The molecule has 2 nitrogen and oxygen atoms in total. The lowest BCUT2D eigenvalue weighted by molar-refractivity contribution is 0.117. The average molecular weight is 217 g/mol. The minimum Gasteiger partial charge on any atom is -0.396 e. The zero-order chi connectivity index (χ0) is 10.2. The molecule has 1 aliphatic carbocycles. The van der Waals surface area contributed by atoms with Gasteiger partial charge in [0.15, 0.2) is 0 Å². The highest BCUT2D eigenvalue weighted by Gasteiger charge is 2.23. The molecule has 3 heteroatoms. The molecule has 1 fully saturated rings. The SMILES string of the molecule is CSCCCN(CCCO)C1CCC1. The molecule has 0 saturated heterocycles. The molecule has 1 aliphatic rings. The van der Waals surface area contributed by atoms with Crippen LogP contribution in [0.4, 0.5) is 0 Å². The molecule has 1 rings (SSSR count). The van der Waals surface area contributed by atoms with Gasteiger partial charge < -0.3 is 10.0 Å². The number of aliphatic hydroxyl groups excluding tert-OH is 1. The standard InChI is InChI=1S/C11H23NOS/c1-14-10-4-8-12(7-3-9-13)11-5-2-6-11/h11,13H,2-10H2,1H3. The summed E-state index contributed by atoms with van der Waals surface area (Å²) in [5.74, 6) is 1.27. The Morgan fingerprint density at radius 1 is 1.29 bits per heavy atom. The minimum absolute atomic E-state index is 0.339. The fraction of sp³-hybridized carbons (Fsp3) is 1.00. The van der Waals surface area contributed by atoms with Crippen LogP contribution in [0, 0.1) is 0 Å². The smallest absolute Gasteiger partial charge is 0.0443 e. The summed E-state index contributed by atoms with van der Waals surface area (Å²) in [5, 5.41) is 8.83. The molecule has 1 N–H and O–H groups in total. The fourth-order valence-corrected chi connectivity index (χ4v) is 2.33. The molecule has 0 aromatic rings. The number of thioether (sulfide) groups is 1. The molecule has 0 spiro atoms. The summed E-state index contributed by atoms with van der Waals surface area (Å²) in [6.07, 6.45) is 8.57. The molecule has 0 heterocycles. The van der Waals surface area contributed by atoms with Crippen molar-refractivity contribution in [2.45, 2.75) is 38.1 Å². The highest BCUT2D eigenvalue weighted by molar-refractivity contribution is 7.98. The molecular formula is C11H23NOS. The predicted molar refractivity (Wildman–Crippen MR) is 63.9 cm³/mol. The zero-order valence-corrected chi connectivity index (χ0v) is 10.1. The second-order valence-electron chi connectivity index (χ2n) is 4.04. The molecular weight excluding hydrogens is 194 g/mol. The predicted octanol–water partition coefficient (Wildman–Crippen LogP) is 1.98. The molecule has 0 aromatic carbocycles. The molecule has 0 aliphatic heterocycles. The lowest BCUT2D eigenvalue weighted by atomic mass is 9.91. The largest absolute Gasteiger partial charge is 0.396 e. The first-order valence-corrected chi connectivity index (χ1v) is 7.11. The lowest BCUT2D eigenvalue weighted by Crippen LogP contribution is -2.41. The van der Waals surface area contributed by atoms with E-state index < -0.39 is 0 Å². The average Bonchev–Trinajstić information content (AvgIpc) is 2.11. The van der Waals surface area contributed by atoms with Gasteiger partial charge in [0.05, 0.1) is 0 Å². The van der Waals surface area contributed by atoms with E-state index in [1.165, 1.54) is 38.0 Å². The normalized spacial score (nSPS) is 17.4.